The van der Waals surface area contributed by atoms with Crippen molar-refractivity contribution >= 4 is 11.6 Å². The van der Waals surface area contributed by atoms with Crippen LogP contribution in [0.1, 0.15) is 23.2 Å². The van der Waals surface area contributed by atoms with Crippen molar-refractivity contribution in [2.24, 2.45) is 0 Å². The summed E-state index contributed by atoms with van der Waals surface area (Å²) in [6.45, 7) is 1.58. The first-order valence-electron chi connectivity index (χ1n) is 7.33. The molecule has 1 aromatic heterocycles. The van der Waals surface area contributed by atoms with E-state index in [0.717, 1.165) is 0 Å². The molecule has 6 nitrogen and oxygen atoms in total. The molecule has 0 aliphatic carbocycles. The molecule has 2 aromatic rings. The molecular formula is C16H18ClNO5. The molecule has 1 aliphatic rings. The zero-order valence-corrected chi connectivity index (χ0v) is 13.2. The second-order valence-corrected chi connectivity index (χ2v) is 5.61. The van der Waals surface area contributed by atoms with Gasteiger partial charge in [-0.1, -0.05) is 11.6 Å². The summed E-state index contributed by atoms with van der Waals surface area (Å²) in [5.41, 5.74) is 0.655. The predicted molar refractivity (Wildman–Crippen MR) is 83.7 cm³/mol. The first-order chi connectivity index (χ1) is 11.2. The van der Waals surface area contributed by atoms with Crippen molar-refractivity contribution in [1.82, 2.24) is 5.32 Å². The molecule has 1 aromatic carbocycles. The highest BCUT2D eigenvalue weighted by Gasteiger charge is 2.19. The Bertz CT molecular complexity index is 672. The van der Waals surface area contributed by atoms with E-state index in [1.54, 1.807) is 24.3 Å². The van der Waals surface area contributed by atoms with Gasteiger partial charge < -0.3 is 29.4 Å². The lowest BCUT2D eigenvalue weighted by Crippen LogP contribution is -2.21. The lowest BCUT2D eigenvalue weighted by atomic mass is 10.1. The van der Waals surface area contributed by atoms with Gasteiger partial charge in [0.05, 0.1) is 17.7 Å². The zero-order chi connectivity index (χ0) is 16.2. The number of rotatable bonds is 6. The van der Waals surface area contributed by atoms with Gasteiger partial charge in [0, 0.05) is 6.54 Å². The molecule has 0 saturated heterocycles. The van der Waals surface area contributed by atoms with Crippen LogP contribution in [0.5, 0.6) is 11.5 Å². The van der Waals surface area contributed by atoms with Gasteiger partial charge in [-0.15, -0.1) is 0 Å². The molecule has 0 fully saturated rings. The number of aliphatic hydroxyl groups is 2. The Balaban J connectivity index is 1.59. The highest BCUT2D eigenvalue weighted by Crippen LogP contribution is 2.39. The minimum absolute atomic E-state index is 0.127. The Hall–Kier alpha value is -1.73. The van der Waals surface area contributed by atoms with E-state index in [4.69, 9.17) is 30.6 Å². The number of ether oxygens (including phenoxy) is 2. The zero-order valence-electron chi connectivity index (χ0n) is 12.4. The molecule has 23 heavy (non-hydrogen) atoms. The maximum atomic E-state index is 10.3. The first kappa shape index (κ1) is 16.1. The van der Waals surface area contributed by atoms with Crippen LogP contribution in [0.4, 0.5) is 0 Å². The van der Waals surface area contributed by atoms with E-state index in [9.17, 15) is 5.11 Å². The number of halogens is 1. The summed E-state index contributed by atoms with van der Waals surface area (Å²) < 4.78 is 16.3. The summed E-state index contributed by atoms with van der Waals surface area (Å²) in [5, 5.41) is 22.8. The molecule has 124 valence electrons. The molecule has 0 saturated carbocycles. The van der Waals surface area contributed by atoms with Crippen molar-refractivity contribution in [3.05, 3.63) is 46.4 Å². The molecule has 1 unspecified atom stereocenters. The van der Waals surface area contributed by atoms with E-state index < -0.39 is 6.10 Å². The molecule has 1 atom stereocenters. The van der Waals surface area contributed by atoms with E-state index in [1.807, 2.05) is 0 Å². The third-order valence-electron chi connectivity index (χ3n) is 3.51. The number of nitrogens with one attached hydrogen (secondary N) is 1. The fraction of sp³-hybridized carbons (Fsp3) is 0.375. The standard InChI is InChI=1S/C16H18ClNO5/c17-13-5-10(6-15-16(13)22-4-3-21-15)14(20)8-18-7-11-1-2-12(9-19)23-11/h1-2,5-6,14,18-20H,3-4,7-9H2. The number of aliphatic hydroxyl groups excluding tert-OH is 2. The van der Waals surface area contributed by atoms with Gasteiger partial charge in [-0.3, -0.25) is 0 Å². The number of benzene rings is 1. The van der Waals surface area contributed by atoms with Gasteiger partial charge in [0.1, 0.15) is 31.3 Å². The topological polar surface area (TPSA) is 84.1 Å². The predicted octanol–water partition coefficient (Wildman–Crippen LogP) is 2.02. The number of fused-ring (bicyclic) bond motifs is 1. The fourth-order valence-corrected chi connectivity index (χ4v) is 2.65. The monoisotopic (exact) mass is 339 g/mol. The van der Waals surface area contributed by atoms with Crippen molar-refractivity contribution in [2.75, 3.05) is 19.8 Å². The number of hydrogen-bond acceptors (Lipinski definition) is 6. The summed E-state index contributed by atoms with van der Waals surface area (Å²) in [6, 6.07) is 6.92. The second kappa shape index (κ2) is 7.23. The van der Waals surface area contributed by atoms with Crippen LogP contribution in [-0.4, -0.2) is 30.0 Å². The van der Waals surface area contributed by atoms with Gasteiger partial charge in [-0.05, 0) is 29.8 Å². The molecule has 0 amide bonds. The molecule has 7 heteroatoms. The number of hydrogen-bond donors (Lipinski definition) is 3. The Morgan fingerprint density at radius 2 is 1.96 bits per heavy atom. The summed E-state index contributed by atoms with van der Waals surface area (Å²) >= 11 is 6.16. The van der Waals surface area contributed by atoms with Crippen LogP contribution in [0.3, 0.4) is 0 Å². The van der Waals surface area contributed by atoms with Crippen molar-refractivity contribution in [2.45, 2.75) is 19.3 Å². The fourth-order valence-electron chi connectivity index (χ4n) is 2.38. The highest BCUT2D eigenvalue weighted by molar-refractivity contribution is 6.32. The van der Waals surface area contributed by atoms with Crippen molar-refractivity contribution in [3.63, 3.8) is 0 Å². The average molecular weight is 340 g/mol. The van der Waals surface area contributed by atoms with E-state index in [0.29, 0.717) is 59.9 Å². The van der Waals surface area contributed by atoms with Gasteiger partial charge in [0.2, 0.25) is 0 Å². The SMILES string of the molecule is OCc1ccc(CNCC(O)c2cc(Cl)c3c(c2)OCCO3)o1. The van der Waals surface area contributed by atoms with Crippen molar-refractivity contribution in [3.8, 4) is 11.5 Å². The summed E-state index contributed by atoms with van der Waals surface area (Å²) in [7, 11) is 0. The van der Waals surface area contributed by atoms with E-state index in [2.05, 4.69) is 5.32 Å². The normalized spacial score (nSPS) is 14.7. The summed E-state index contributed by atoms with van der Waals surface area (Å²) in [6.07, 6.45) is -0.740. The molecule has 0 spiro atoms. The summed E-state index contributed by atoms with van der Waals surface area (Å²) in [5.74, 6) is 2.28. The molecular weight excluding hydrogens is 322 g/mol. The van der Waals surface area contributed by atoms with Gasteiger partial charge in [0.15, 0.2) is 11.5 Å². The average Bonchev–Trinajstić information content (AvgIpc) is 3.02. The van der Waals surface area contributed by atoms with Crippen LogP contribution in [0.15, 0.2) is 28.7 Å². The van der Waals surface area contributed by atoms with Gasteiger partial charge in [-0.25, -0.2) is 0 Å². The molecule has 3 rings (SSSR count). The lowest BCUT2D eigenvalue weighted by Gasteiger charge is -2.21. The van der Waals surface area contributed by atoms with Gasteiger partial charge in [0.25, 0.3) is 0 Å². The van der Waals surface area contributed by atoms with Crippen LogP contribution in [0.2, 0.25) is 5.02 Å². The Labute approximate surface area is 138 Å². The minimum atomic E-state index is -0.740. The van der Waals surface area contributed by atoms with Crippen molar-refractivity contribution in [1.29, 1.82) is 0 Å². The van der Waals surface area contributed by atoms with Crippen LogP contribution in [-0.2, 0) is 13.2 Å². The van der Waals surface area contributed by atoms with E-state index in [-0.39, 0.29) is 6.61 Å². The summed E-state index contributed by atoms with van der Waals surface area (Å²) in [4.78, 5) is 0. The minimum Gasteiger partial charge on any atom is -0.486 e. The number of furan rings is 1. The van der Waals surface area contributed by atoms with Crippen molar-refractivity contribution < 1.29 is 24.1 Å². The highest BCUT2D eigenvalue weighted by atomic mass is 35.5. The van der Waals surface area contributed by atoms with Crippen LogP contribution in [0, 0.1) is 0 Å². The lowest BCUT2D eigenvalue weighted by molar-refractivity contribution is 0.162. The quantitative estimate of drug-likeness (QED) is 0.746. The molecule has 3 N–H and O–H groups in total. The maximum absolute atomic E-state index is 10.3. The van der Waals surface area contributed by atoms with Crippen LogP contribution in [0.25, 0.3) is 0 Å². The third-order valence-corrected chi connectivity index (χ3v) is 3.79. The molecule has 0 radical (unpaired) electrons. The molecule has 0 bridgehead atoms. The third kappa shape index (κ3) is 3.79. The van der Waals surface area contributed by atoms with Crippen LogP contribution >= 0.6 is 11.6 Å². The second-order valence-electron chi connectivity index (χ2n) is 5.20. The Kier molecular flexibility index (Phi) is 5.07. The smallest absolute Gasteiger partial charge is 0.179 e. The largest absolute Gasteiger partial charge is 0.486 e. The van der Waals surface area contributed by atoms with Gasteiger partial charge >= 0.3 is 0 Å². The maximum Gasteiger partial charge on any atom is 0.179 e. The van der Waals surface area contributed by atoms with E-state index >= 15 is 0 Å². The molecule has 1 aliphatic heterocycles. The first-order valence-corrected chi connectivity index (χ1v) is 7.71. The molecule has 2 heterocycles. The van der Waals surface area contributed by atoms with Gasteiger partial charge in [-0.2, -0.15) is 0 Å². The Morgan fingerprint density at radius 1 is 1.17 bits per heavy atom. The van der Waals surface area contributed by atoms with Crippen LogP contribution < -0.4 is 14.8 Å². The Morgan fingerprint density at radius 3 is 2.74 bits per heavy atom. The van der Waals surface area contributed by atoms with E-state index in [1.165, 1.54) is 0 Å².